The molecule has 0 unspecified atom stereocenters. The van der Waals surface area contributed by atoms with Gasteiger partial charge in [0.05, 0.1) is 16.4 Å². The number of nitrogens with zero attached hydrogens (tertiary/aromatic N) is 1. The molecule has 0 bridgehead atoms. The molecule has 0 aromatic heterocycles. The van der Waals surface area contributed by atoms with Gasteiger partial charge in [0.1, 0.15) is 0 Å². The van der Waals surface area contributed by atoms with Crippen LogP contribution in [0, 0.1) is 10.1 Å². The van der Waals surface area contributed by atoms with Gasteiger partial charge in [-0.25, -0.2) is 0 Å². The van der Waals surface area contributed by atoms with Crippen molar-refractivity contribution < 1.29 is 66.5 Å². The minimum atomic E-state index is -1.04. The Hall–Kier alpha value is -0.262. The van der Waals surface area contributed by atoms with Crippen LogP contribution in [0.3, 0.4) is 0 Å². The molecule has 1 amide bonds. The fourth-order valence-corrected chi connectivity index (χ4v) is 0.825. The van der Waals surface area contributed by atoms with Gasteiger partial charge in [-0.05, 0) is 6.07 Å². The standard InChI is InChI=1S/C7H6N2O3.H2O.V.Y/c8-7(10)5-3-1-2-4-6(5)9(11)12;;;/h1-4H,(H2,8,10);1H2;;/p-1. The normalized spacial score (nSPS) is 7.47. The monoisotopic (exact) mass is 323 g/mol. The minimum Gasteiger partial charge on any atom is -0.663 e. The molecule has 1 rings (SSSR count). The molecular weight excluding hydrogens is 316 g/mol. The minimum absolute atomic E-state index is 0. The summed E-state index contributed by atoms with van der Waals surface area (Å²) < 4.78 is 0. The van der Waals surface area contributed by atoms with Crippen molar-refractivity contribution >= 4 is 11.6 Å². The van der Waals surface area contributed by atoms with Crippen LogP contribution in [0.4, 0.5) is 5.69 Å². The first-order chi connectivity index (χ1) is 5.63. The van der Waals surface area contributed by atoms with Crippen LogP contribution in [-0.2, 0) is 51.3 Å². The third-order valence-electron chi connectivity index (χ3n) is 1.35. The van der Waals surface area contributed by atoms with E-state index in [1.54, 1.807) is 0 Å². The predicted octanol–water partition coefficient (Wildman–Crippen LogP) is 0.958. The molecule has 0 aliphatic rings. The number of nitro benzene ring substituents is 1. The number of carbonyl (C=O) groups excluding carboxylic acids is 1. The topological polar surface area (TPSA) is 116 Å². The van der Waals surface area contributed by atoms with Crippen LogP contribution in [0.15, 0.2) is 24.3 Å². The summed E-state index contributed by atoms with van der Waals surface area (Å²) >= 11 is 0. The number of rotatable bonds is 2. The predicted molar refractivity (Wildman–Crippen MR) is 45.4 cm³/mol. The van der Waals surface area contributed by atoms with Crippen LogP contribution in [-0.4, -0.2) is 16.3 Å². The fourth-order valence-electron chi connectivity index (χ4n) is 0.825. The Bertz CT molecular complexity index is 315. The van der Waals surface area contributed by atoms with Crippen molar-refractivity contribution in [2.45, 2.75) is 0 Å². The maximum atomic E-state index is 10.5. The van der Waals surface area contributed by atoms with Gasteiger partial charge >= 0.3 is 0 Å². The van der Waals surface area contributed by atoms with Gasteiger partial charge in [0.25, 0.3) is 5.69 Å². The Morgan fingerprint density at radius 3 is 2.13 bits per heavy atom. The van der Waals surface area contributed by atoms with Gasteiger partial charge in [0, 0.05) is 57.3 Å². The molecule has 1 aromatic rings. The molecule has 0 saturated carbocycles. The third-order valence-corrected chi connectivity index (χ3v) is 1.35. The van der Waals surface area contributed by atoms with Crippen LogP contribution < -0.4 is 0 Å². The van der Waals surface area contributed by atoms with E-state index in [1.807, 2.05) is 0 Å². The molecule has 1 aromatic carbocycles. The number of nitro groups is 1. The van der Waals surface area contributed by atoms with Gasteiger partial charge in [-0.3, -0.25) is 10.1 Å². The van der Waals surface area contributed by atoms with Crippen molar-refractivity contribution in [1.82, 2.24) is 0 Å². The quantitative estimate of drug-likeness (QED) is 0.596. The summed E-state index contributed by atoms with van der Waals surface area (Å²) in [4.78, 5) is 20.2. The van der Waals surface area contributed by atoms with Crippen molar-refractivity contribution in [3.05, 3.63) is 45.7 Å². The number of para-hydroxylation sites is 1. The summed E-state index contributed by atoms with van der Waals surface area (Å²) in [6, 6.07) is 5.38. The number of hydrogen-bond acceptors (Lipinski definition) is 3. The molecule has 3 N–H and O–H groups in total. The zero-order chi connectivity index (χ0) is 9.14. The van der Waals surface area contributed by atoms with Crippen LogP contribution in [0.5, 0.6) is 0 Å². The van der Waals surface area contributed by atoms with E-state index in [4.69, 9.17) is 5.73 Å². The van der Waals surface area contributed by atoms with E-state index in [2.05, 4.69) is 0 Å². The van der Waals surface area contributed by atoms with Crippen molar-refractivity contribution in [2.24, 2.45) is 0 Å². The summed E-state index contributed by atoms with van der Waals surface area (Å²) in [5.41, 5.74) is 6.21. The average molecular weight is 323 g/mol. The Balaban J connectivity index is -0.000000480. The Kier molecular flexibility index (Phi) is 12.1. The number of benzene rings is 1. The largest absolute Gasteiger partial charge is 0.663 e. The average Bonchev–Trinajstić information content (AvgIpc) is 2.04. The molecule has 0 heterocycles. The first kappa shape index (κ1) is 20.2. The van der Waals surface area contributed by atoms with E-state index in [1.165, 1.54) is 24.3 Å². The van der Waals surface area contributed by atoms with E-state index >= 15 is 0 Å². The van der Waals surface area contributed by atoms with Crippen LogP contribution in [0.25, 0.3) is 5.73 Å². The number of carbonyl (C=O) groups is 1. The van der Waals surface area contributed by atoms with Crippen molar-refractivity contribution in [2.75, 3.05) is 0 Å². The molecule has 0 fully saturated rings. The van der Waals surface area contributed by atoms with Crippen molar-refractivity contribution in [3.63, 3.8) is 0 Å². The van der Waals surface area contributed by atoms with Crippen molar-refractivity contribution in [3.8, 4) is 0 Å². The second-order valence-electron chi connectivity index (χ2n) is 2.10. The molecule has 78 valence electrons. The van der Waals surface area contributed by atoms with Crippen LogP contribution >= 0.6 is 0 Å². The first-order valence-corrected chi connectivity index (χ1v) is 3.12. The molecule has 0 saturated heterocycles. The number of nitrogens with one attached hydrogen (secondary N) is 1. The van der Waals surface area contributed by atoms with E-state index in [0.717, 1.165) is 0 Å². The van der Waals surface area contributed by atoms with E-state index in [0.29, 0.717) is 0 Å². The van der Waals surface area contributed by atoms with Gasteiger partial charge in [0.2, 0.25) is 0 Å². The summed E-state index contributed by atoms with van der Waals surface area (Å²) in [7, 11) is 0. The van der Waals surface area contributed by atoms with E-state index in [9.17, 15) is 14.9 Å². The maximum absolute atomic E-state index is 10.5. The van der Waals surface area contributed by atoms with E-state index < -0.39 is 10.8 Å². The first-order valence-electron chi connectivity index (χ1n) is 3.12. The van der Waals surface area contributed by atoms with Crippen LogP contribution in [0.2, 0.25) is 0 Å². The molecule has 6 nitrogen and oxygen atoms in total. The zero-order valence-electron chi connectivity index (χ0n) is 7.51. The summed E-state index contributed by atoms with van der Waals surface area (Å²) in [5.74, 6) is -1.04. The Labute approximate surface area is 123 Å². The molecule has 15 heavy (non-hydrogen) atoms. The summed E-state index contributed by atoms with van der Waals surface area (Å²) in [6.07, 6.45) is 0. The molecule has 0 spiro atoms. The molecule has 2 radical (unpaired) electrons. The van der Waals surface area contributed by atoms with Gasteiger partial charge in [-0.2, -0.15) is 0 Å². The second-order valence-corrected chi connectivity index (χ2v) is 2.10. The number of hydrogen-bond donors (Lipinski definition) is 0. The summed E-state index contributed by atoms with van der Waals surface area (Å²) in [5, 5.41) is 10.3. The molecular formula is C7H7N2O4VY-. The molecule has 0 aliphatic heterocycles. The van der Waals surface area contributed by atoms with Gasteiger partial charge in [-0.15, -0.1) is 0 Å². The van der Waals surface area contributed by atoms with Gasteiger partial charge in [0.15, 0.2) is 0 Å². The SMILES string of the molecule is O.[NH-]C(=O)c1ccccc1[N+](=O)[O-].[V].[Y]. The third kappa shape index (κ3) is 5.39. The fraction of sp³-hybridized carbons (Fsp3) is 0. The van der Waals surface area contributed by atoms with Crippen molar-refractivity contribution in [1.29, 1.82) is 0 Å². The Morgan fingerprint density at radius 1 is 1.33 bits per heavy atom. The maximum Gasteiger partial charge on any atom is 0.278 e. The van der Waals surface area contributed by atoms with E-state index in [-0.39, 0.29) is 68.0 Å². The molecule has 0 atom stereocenters. The summed E-state index contributed by atoms with van der Waals surface area (Å²) in [6.45, 7) is 0. The number of amides is 1. The molecule has 0 aliphatic carbocycles. The van der Waals surface area contributed by atoms with Gasteiger partial charge in [-0.1, -0.05) is 12.1 Å². The Morgan fingerprint density at radius 2 is 1.80 bits per heavy atom. The van der Waals surface area contributed by atoms with Crippen LogP contribution in [0.1, 0.15) is 10.4 Å². The van der Waals surface area contributed by atoms with Gasteiger partial charge < -0.3 is 16.0 Å². The molecule has 8 heteroatoms. The smallest absolute Gasteiger partial charge is 0.278 e. The zero-order valence-corrected chi connectivity index (χ0v) is 11.7. The second kappa shape index (κ2) is 9.00.